The highest BCUT2D eigenvalue weighted by Crippen LogP contribution is 2.30. The third kappa shape index (κ3) is 2.28. The van der Waals surface area contributed by atoms with Crippen molar-refractivity contribution in [1.29, 1.82) is 0 Å². The molecule has 0 spiro atoms. The predicted molar refractivity (Wildman–Crippen MR) is 71.3 cm³/mol. The molecule has 3 heteroatoms. The number of benzene rings is 1. The van der Waals surface area contributed by atoms with Crippen molar-refractivity contribution in [3.8, 4) is 11.1 Å². The Hall–Kier alpha value is -1.90. The summed E-state index contributed by atoms with van der Waals surface area (Å²) < 4.78 is 0. The zero-order valence-corrected chi connectivity index (χ0v) is 10.7. The first-order chi connectivity index (χ1) is 8.09. The van der Waals surface area contributed by atoms with E-state index in [1.54, 1.807) is 0 Å². The number of anilines is 1. The van der Waals surface area contributed by atoms with Crippen LogP contribution in [0.2, 0.25) is 0 Å². The Morgan fingerprint density at radius 1 is 0.941 bits per heavy atom. The third-order valence-corrected chi connectivity index (χ3v) is 2.67. The molecular formula is C14H17N3. The normalized spacial score (nSPS) is 10.4. The van der Waals surface area contributed by atoms with Crippen molar-refractivity contribution in [2.45, 2.75) is 13.8 Å². The summed E-state index contributed by atoms with van der Waals surface area (Å²) in [6.45, 7) is 3.96. The van der Waals surface area contributed by atoms with Gasteiger partial charge in [0.15, 0.2) is 0 Å². The van der Waals surface area contributed by atoms with Crippen molar-refractivity contribution in [3.63, 3.8) is 0 Å². The minimum Gasteiger partial charge on any atom is -0.362 e. The fourth-order valence-electron chi connectivity index (χ4n) is 1.96. The molecular weight excluding hydrogens is 210 g/mol. The number of aryl methyl sites for hydroxylation is 2. The maximum Gasteiger partial charge on any atom is 0.139 e. The number of hydrogen-bond donors (Lipinski definition) is 0. The summed E-state index contributed by atoms with van der Waals surface area (Å²) >= 11 is 0. The fraction of sp³-hybridized carbons (Fsp3) is 0.286. The molecule has 1 aromatic carbocycles. The van der Waals surface area contributed by atoms with Crippen LogP contribution in [-0.4, -0.2) is 24.1 Å². The Morgan fingerprint density at radius 3 is 2.18 bits per heavy atom. The maximum atomic E-state index is 4.52. The van der Waals surface area contributed by atoms with E-state index in [4.69, 9.17) is 0 Å². The molecule has 88 valence electrons. The number of hydrogen-bond acceptors (Lipinski definition) is 3. The Balaban J connectivity index is 2.68. The lowest BCUT2D eigenvalue weighted by Gasteiger charge is -2.18. The quantitative estimate of drug-likeness (QED) is 0.790. The van der Waals surface area contributed by atoms with Crippen LogP contribution in [0.25, 0.3) is 11.1 Å². The highest BCUT2D eigenvalue weighted by Gasteiger charge is 2.13. The van der Waals surface area contributed by atoms with E-state index in [0.717, 1.165) is 28.5 Å². The molecule has 0 aliphatic heterocycles. The first-order valence-electron chi connectivity index (χ1n) is 5.67. The van der Waals surface area contributed by atoms with Crippen molar-refractivity contribution in [2.24, 2.45) is 0 Å². The van der Waals surface area contributed by atoms with Crippen molar-refractivity contribution in [3.05, 3.63) is 41.9 Å². The minimum atomic E-state index is 0.811. The van der Waals surface area contributed by atoms with E-state index in [2.05, 4.69) is 22.1 Å². The summed E-state index contributed by atoms with van der Waals surface area (Å²) in [5, 5.41) is 0. The van der Waals surface area contributed by atoms with Gasteiger partial charge in [-0.1, -0.05) is 30.3 Å². The molecule has 0 aliphatic rings. The number of nitrogens with zero attached hydrogens (tertiary/aromatic N) is 3. The second-order valence-corrected chi connectivity index (χ2v) is 4.32. The topological polar surface area (TPSA) is 29.0 Å². The van der Waals surface area contributed by atoms with Crippen LogP contribution >= 0.6 is 0 Å². The average molecular weight is 227 g/mol. The van der Waals surface area contributed by atoms with Crippen molar-refractivity contribution < 1.29 is 0 Å². The lowest BCUT2D eigenvalue weighted by atomic mass is 10.0. The van der Waals surface area contributed by atoms with Crippen LogP contribution in [0.15, 0.2) is 30.3 Å². The molecule has 0 fully saturated rings. The monoisotopic (exact) mass is 227 g/mol. The number of aromatic nitrogens is 2. The molecule has 0 unspecified atom stereocenters. The molecule has 0 bridgehead atoms. The molecule has 2 aromatic rings. The van der Waals surface area contributed by atoms with E-state index < -0.39 is 0 Å². The molecule has 0 saturated heterocycles. The maximum absolute atomic E-state index is 4.52. The van der Waals surface area contributed by atoms with Crippen LogP contribution in [0.3, 0.4) is 0 Å². The van der Waals surface area contributed by atoms with E-state index in [0.29, 0.717) is 0 Å². The van der Waals surface area contributed by atoms with Gasteiger partial charge in [-0.25, -0.2) is 9.97 Å². The molecule has 3 nitrogen and oxygen atoms in total. The molecule has 1 aromatic heterocycles. The number of rotatable bonds is 2. The first-order valence-corrected chi connectivity index (χ1v) is 5.67. The molecule has 2 rings (SSSR count). The highest BCUT2D eigenvalue weighted by molar-refractivity contribution is 5.77. The Morgan fingerprint density at radius 2 is 1.59 bits per heavy atom. The van der Waals surface area contributed by atoms with E-state index in [1.165, 1.54) is 0 Å². The highest BCUT2D eigenvalue weighted by atomic mass is 15.2. The SMILES string of the molecule is Cc1nc(C)c(-c2ccccc2)c(N(C)C)n1. The van der Waals surface area contributed by atoms with E-state index >= 15 is 0 Å². The molecule has 1 heterocycles. The standard InChI is InChI=1S/C14H17N3/c1-10-13(12-8-6-5-7-9-12)14(17(3)4)16-11(2)15-10/h5-9H,1-4H3. The second kappa shape index (κ2) is 4.53. The van der Waals surface area contributed by atoms with E-state index in [9.17, 15) is 0 Å². The molecule has 0 aliphatic carbocycles. The largest absolute Gasteiger partial charge is 0.362 e. The van der Waals surface area contributed by atoms with Gasteiger partial charge in [-0.2, -0.15) is 0 Å². The van der Waals surface area contributed by atoms with Crippen LogP contribution in [0.4, 0.5) is 5.82 Å². The molecule has 0 atom stereocenters. The van der Waals surface area contributed by atoms with Gasteiger partial charge >= 0.3 is 0 Å². The fourth-order valence-corrected chi connectivity index (χ4v) is 1.96. The van der Waals surface area contributed by atoms with Gasteiger partial charge in [0.05, 0.1) is 5.69 Å². The summed E-state index contributed by atoms with van der Waals surface area (Å²) in [7, 11) is 4.02. The Kier molecular flexibility index (Phi) is 3.09. The van der Waals surface area contributed by atoms with Crippen molar-refractivity contribution in [1.82, 2.24) is 9.97 Å². The van der Waals surface area contributed by atoms with Gasteiger partial charge < -0.3 is 4.90 Å². The predicted octanol–water partition coefficient (Wildman–Crippen LogP) is 2.83. The van der Waals surface area contributed by atoms with Gasteiger partial charge in [-0.05, 0) is 19.4 Å². The smallest absolute Gasteiger partial charge is 0.139 e. The van der Waals surface area contributed by atoms with Crippen LogP contribution in [0.1, 0.15) is 11.5 Å². The average Bonchev–Trinajstić information content (AvgIpc) is 2.29. The minimum absolute atomic E-state index is 0.811. The van der Waals surface area contributed by atoms with Crippen LogP contribution in [0, 0.1) is 13.8 Å². The lowest BCUT2D eigenvalue weighted by Crippen LogP contribution is -2.14. The summed E-state index contributed by atoms with van der Waals surface area (Å²) in [4.78, 5) is 11.0. The van der Waals surface area contributed by atoms with Gasteiger partial charge in [0.25, 0.3) is 0 Å². The summed E-state index contributed by atoms with van der Waals surface area (Å²) in [5.74, 6) is 1.78. The van der Waals surface area contributed by atoms with Crippen molar-refractivity contribution in [2.75, 3.05) is 19.0 Å². The van der Waals surface area contributed by atoms with E-state index in [1.807, 2.05) is 51.0 Å². The zero-order valence-electron chi connectivity index (χ0n) is 10.7. The van der Waals surface area contributed by atoms with Crippen LogP contribution in [0.5, 0.6) is 0 Å². The van der Waals surface area contributed by atoms with Crippen LogP contribution < -0.4 is 4.90 Å². The van der Waals surface area contributed by atoms with Crippen molar-refractivity contribution >= 4 is 5.82 Å². The molecule has 0 radical (unpaired) electrons. The third-order valence-electron chi connectivity index (χ3n) is 2.67. The molecule has 17 heavy (non-hydrogen) atoms. The molecule has 0 amide bonds. The van der Waals surface area contributed by atoms with Gasteiger partial charge in [0.2, 0.25) is 0 Å². The van der Waals surface area contributed by atoms with Gasteiger partial charge in [0.1, 0.15) is 11.6 Å². The Labute approximate surface area is 102 Å². The summed E-state index contributed by atoms with van der Waals surface area (Å²) in [6.07, 6.45) is 0. The van der Waals surface area contributed by atoms with Gasteiger partial charge in [-0.3, -0.25) is 0 Å². The Bertz CT molecular complexity index is 518. The van der Waals surface area contributed by atoms with E-state index in [-0.39, 0.29) is 0 Å². The zero-order chi connectivity index (χ0) is 12.4. The van der Waals surface area contributed by atoms with Gasteiger partial charge in [-0.15, -0.1) is 0 Å². The first kappa shape index (κ1) is 11.6. The van der Waals surface area contributed by atoms with Gasteiger partial charge in [0, 0.05) is 19.7 Å². The molecule has 0 saturated carbocycles. The molecule has 0 N–H and O–H groups in total. The summed E-state index contributed by atoms with van der Waals surface area (Å²) in [5.41, 5.74) is 3.29. The van der Waals surface area contributed by atoms with Crippen LogP contribution in [-0.2, 0) is 0 Å². The second-order valence-electron chi connectivity index (χ2n) is 4.32. The lowest BCUT2D eigenvalue weighted by molar-refractivity contribution is 0.967. The summed E-state index contributed by atoms with van der Waals surface area (Å²) in [6, 6.07) is 10.3.